The molecule has 0 aromatic rings. The summed E-state index contributed by atoms with van der Waals surface area (Å²) in [4.78, 5) is 25.1. The molecule has 4 nitrogen and oxygen atoms in total. The second kappa shape index (κ2) is 10.4. The van der Waals surface area contributed by atoms with Gasteiger partial charge in [-0.15, -0.1) is 0 Å². The van der Waals surface area contributed by atoms with E-state index < -0.39 is 0 Å². The van der Waals surface area contributed by atoms with Crippen molar-refractivity contribution in [3.63, 3.8) is 0 Å². The average molecular weight is 480 g/mol. The summed E-state index contributed by atoms with van der Waals surface area (Å²) in [5.74, 6) is 0.380. The van der Waals surface area contributed by atoms with Crippen molar-refractivity contribution >= 4 is 43.6 Å². The number of Topliss-reactive ketones (excluding diaryl/α,β-unsaturated/α-hetero) is 1. The molecule has 0 spiro atoms. The minimum atomic E-state index is -0.389. The summed E-state index contributed by atoms with van der Waals surface area (Å²) in [5, 5.41) is 1.78. The lowest BCUT2D eigenvalue weighted by Gasteiger charge is -2.49. The number of ketones is 1. The molecule has 3 fully saturated rings. The van der Waals surface area contributed by atoms with Crippen LogP contribution in [0.25, 0.3) is 0 Å². The Morgan fingerprint density at radius 2 is 2.00 bits per heavy atom. The highest BCUT2D eigenvalue weighted by molar-refractivity contribution is 9.09. The Bertz CT molecular complexity index is 457. The molecule has 142 valence electrons. The lowest BCUT2D eigenvalue weighted by molar-refractivity contribution is -0.155. The zero-order valence-electron chi connectivity index (χ0n) is 14.8. The smallest absolute Gasteiger partial charge is 0.309 e. The molecule has 3 aliphatic rings. The van der Waals surface area contributed by atoms with Gasteiger partial charge in [0.1, 0.15) is 0 Å². The van der Waals surface area contributed by atoms with Gasteiger partial charge in [0.2, 0.25) is 0 Å². The van der Waals surface area contributed by atoms with Gasteiger partial charge in [0.05, 0.1) is 18.6 Å². The summed E-state index contributed by atoms with van der Waals surface area (Å²) in [6.07, 6.45) is 5.07. The summed E-state index contributed by atoms with van der Waals surface area (Å²) < 4.78 is 11.2. The SMILES string of the molecule is [CH2]CCCC(CC(=O)[C]1OC2CC(CBr)C1CC2CBr)C(=O)OCC. The minimum absolute atomic E-state index is 0.0178. The number of fused-ring (bicyclic) bond motifs is 3. The monoisotopic (exact) mass is 478 g/mol. The van der Waals surface area contributed by atoms with Crippen LogP contribution in [0.2, 0.25) is 0 Å². The van der Waals surface area contributed by atoms with Gasteiger partial charge in [0, 0.05) is 23.0 Å². The van der Waals surface area contributed by atoms with Gasteiger partial charge in [-0.1, -0.05) is 51.6 Å². The van der Waals surface area contributed by atoms with Crippen molar-refractivity contribution in [2.45, 2.75) is 51.6 Å². The van der Waals surface area contributed by atoms with Crippen molar-refractivity contribution in [2.75, 3.05) is 17.3 Å². The van der Waals surface area contributed by atoms with E-state index in [1.54, 1.807) is 6.92 Å². The maximum Gasteiger partial charge on any atom is 0.309 e. The molecular weight excluding hydrogens is 452 g/mol. The predicted molar refractivity (Wildman–Crippen MR) is 104 cm³/mol. The molecule has 2 radical (unpaired) electrons. The van der Waals surface area contributed by atoms with Crippen LogP contribution in [0.3, 0.4) is 0 Å². The average Bonchev–Trinajstić information content (AvgIpc) is 2.64. The summed E-state index contributed by atoms with van der Waals surface area (Å²) in [6, 6.07) is 0. The number of ether oxygens (including phenoxy) is 2. The Hall–Kier alpha value is 0.0600. The van der Waals surface area contributed by atoms with Crippen molar-refractivity contribution in [2.24, 2.45) is 23.7 Å². The first kappa shape index (κ1) is 21.4. The molecular formula is C19H28Br2O4. The topological polar surface area (TPSA) is 52.6 Å². The number of halogens is 2. The van der Waals surface area contributed by atoms with Crippen molar-refractivity contribution < 1.29 is 19.1 Å². The van der Waals surface area contributed by atoms with Crippen LogP contribution in [0.5, 0.6) is 0 Å². The van der Waals surface area contributed by atoms with E-state index in [4.69, 9.17) is 9.47 Å². The van der Waals surface area contributed by atoms with Crippen molar-refractivity contribution in [1.82, 2.24) is 0 Å². The van der Waals surface area contributed by atoms with E-state index in [9.17, 15) is 9.59 Å². The minimum Gasteiger partial charge on any atom is -0.466 e. The van der Waals surface area contributed by atoms with Crippen LogP contribution in [-0.4, -0.2) is 35.1 Å². The Labute approximate surface area is 168 Å². The van der Waals surface area contributed by atoms with Gasteiger partial charge >= 0.3 is 5.97 Å². The second-order valence-electron chi connectivity index (χ2n) is 7.00. The van der Waals surface area contributed by atoms with Crippen LogP contribution in [0, 0.1) is 36.7 Å². The summed E-state index contributed by atoms with van der Waals surface area (Å²) in [5.41, 5.74) is 0. The number of carbonyl (C=O) groups excluding carboxylic acids is 2. The molecule has 0 aromatic carbocycles. The molecule has 0 amide bonds. The van der Waals surface area contributed by atoms with Crippen LogP contribution in [0.1, 0.15) is 45.4 Å². The molecule has 1 saturated carbocycles. The van der Waals surface area contributed by atoms with Gasteiger partial charge < -0.3 is 9.47 Å². The lowest BCUT2D eigenvalue weighted by Crippen LogP contribution is -2.51. The number of carbonyl (C=O) groups is 2. The molecule has 6 heteroatoms. The first-order valence-corrected chi connectivity index (χ1v) is 11.4. The van der Waals surface area contributed by atoms with Crippen LogP contribution < -0.4 is 0 Å². The number of alkyl halides is 2. The van der Waals surface area contributed by atoms with Gasteiger partial charge in [-0.2, -0.15) is 0 Å². The van der Waals surface area contributed by atoms with Gasteiger partial charge in [0.15, 0.2) is 11.9 Å². The van der Waals surface area contributed by atoms with Crippen molar-refractivity contribution in [3.05, 3.63) is 13.0 Å². The third-order valence-corrected chi connectivity index (χ3v) is 6.99. The highest BCUT2D eigenvalue weighted by Gasteiger charge is 2.50. The quantitative estimate of drug-likeness (QED) is 0.342. The van der Waals surface area contributed by atoms with E-state index in [0.717, 1.165) is 36.3 Å². The predicted octanol–water partition coefficient (Wildman–Crippen LogP) is 4.49. The fourth-order valence-corrected chi connectivity index (χ4v) is 5.32. The van der Waals surface area contributed by atoms with E-state index in [2.05, 4.69) is 38.8 Å². The van der Waals surface area contributed by atoms with Crippen LogP contribution in [0.15, 0.2) is 0 Å². The van der Waals surface area contributed by atoms with Crippen molar-refractivity contribution in [1.29, 1.82) is 0 Å². The third-order valence-electron chi connectivity index (χ3n) is 5.33. The number of hydrogen-bond donors (Lipinski definition) is 0. The second-order valence-corrected chi connectivity index (χ2v) is 8.29. The fourth-order valence-electron chi connectivity index (χ4n) is 3.93. The molecule has 3 rings (SSSR count). The van der Waals surface area contributed by atoms with E-state index in [-0.39, 0.29) is 36.1 Å². The standard InChI is InChI=1S/C19H28Br2O4/c1-3-5-6-12(19(23)24-4-2)8-16(22)18-15-7-14(11-21)17(25-18)9-13(15)10-20/h12-15,17H,1,3-11H2,2H3. The molecule has 0 N–H and O–H groups in total. The van der Waals surface area contributed by atoms with E-state index in [1.165, 1.54) is 0 Å². The maximum atomic E-state index is 12.9. The molecule has 2 heterocycles. The normalized spacial score (nSPS) is 30.2. The highest BCUT2D eigenvalue weighted by Crippen LogP contribution is 2.49. The first-order chi connectivity index (χ1) is 12.0. The van der Waals surface area contributed by atoms with Gasteiger partial charge in [-0.3, -0.25) is 9.59 Å². The summed E-state index contributed by atoms with van der Waals surface area (Å²) in [6.45, 7) is 5.95. The van der Waals surface area contributed by atoms with Crippen molar-refractivity contribution in [3.8, 4) is 0 Å². The number of esters is 1. The first-order valence-electron chi connectivity index (χ1n) is 9.20. The van der Waals surface area contributed by atoms with Crippen LogP contribution in [0.4, 0.5) is 0 Å². The number of unbranched alkanes of at least 4 members (excludes halogenated alkanes) is 1. The highest BCUT2D eigenvalue weighted by atomic mass is 79.9. The number of rotatable bonds is 10. The largest absolute Gasteiger partial charge is 0.466 e. The zero-order valence-corrected chi connectivity index (χ0v) is 18.0. The lowest BCUT2D eigenvalue weighted by atomic mass is 9.67. The Balaban J connectivity index is 2.03. The van der Waals surface area contributed by atoms with Crippen LogP contribution in [-0.2, 0) is 19.1 Å². The van der Waals surface area contributed by atoms with E-state index in [1.807, 2.05) is 0 Å². The third kappa shape index (κ3) is 5.29. The van der Waals surface area contributed by atoms with E-state index >= 15 is 0 Å². The Morgan fingerprint density at radius 3 is 2.56 bits per heavy atom. The zero-order chi connectivity index (χ0) is 18.4. The molecule has 2 aliphatic heterocycles. The number of hydrogen-bond acceptors (Lipinski definition) is 4. The summed E-state index contributed by atoms with van der Waals surface area (Å²) >= 11 is 7.15. The fraction of sp³-hybridized carbons (Fsp3) is 0.789. The van der Waals surface area contributed by atoms with Crippen LogP contribution >= 0.6 is 31.9 Å². The maximum absolute atomic E-state index is 12.9. The van der Waals surface area contributed by atoms with Gasteiger partial charge in [-0.25, -0.2) is 0 Å². The molecule has 0 aromatic heterocycles. The molecule has 2 bridgehead atoms. The van der Waals surface area contributed by atoms with Gasteiger partial charge in [-0.05, 0) is 38.0 Å². The van der Waals surface area contributed by atoms with Gasteiger partial charge in [0.25, 0.3) is 0 Å². The Morgan fingerprint density at radius 1 is 1.28 bits per heavy atom. The molecule has 5 unspecified atom stereocenters. The molecule has 25 heavy (non-hydrogen) atoms. The molecule has 1 aliphatic carbocycles. The van der Waals surface area contributed by atoms with E-state index in [0.29, 0.717) is 31.0 Å². The molecule has 5 atom stereocenters. The Kier molecular flexibility index (Phi) is 8.89. The molecule has 2 saturated heterocycles. The summed E-state index contributed by atoms with van der Waals surface area (Å²) in [7, 11) is 0.